The molecule has 5 N–H and O–H groups in total. The number of rotatable bonds is 0. The third-order valence-corrected chi connectivity index (χ3v) is 0. The van der Waals surface area contributed by atoms with Crippen molar-refractivity contribution < 1.29 is 24.7 Å². The van der Waals surface area contributed by atoms with E-state index in [1.54, 1.807) is 0 Å². The second kappa shape index (κ2) is 5.84. The average Bonchev–Trinajstić information content (AvgIpc) is 0.722. The molecule has 0 spiro atoms. The van der Waals surface area contributed by atoms with Gasteiger partial charge in [0.25, 0.3) is 0 Å². The van der Waals surface area contributed by atoms with Crippen LogP contribution in [0, 0.1) is 0 Å². The maximum atomic E-state index is 8.88. The van der Waals surface area contributed by atoms with Gasteiger partial charge in [-0.05, 0) is 0 Å². The van der Waals surface area contributed by atoms with E-state index in [0.717, 1.165) is 0 Å². The Labute approximate surface area is 82.7 Å². The maximum absolute atomic E-state index is 8.88. The van der Waals surface area contributed by atoms with Crippen molar-refractivity contribution in [1.29, 1.82) is 0 Å². The first-order chi connectivity index (χ1) is 2.00. The quantitative estimate of drug-likeness (QED) is 0.268. The molecule has 0 aromatic rings. The molecule has 0 heterocycles. The molecule has 7 heteroatoms. The molecule has 0 aliphatic heterocycles. The first-order valence-electron chi connectivity index (χ1n) is 0.783. The summed E-state index contributed by atoms with van der Waals surface area (Å²) in [4.78, 5) is 21.6. The zero-order valence-electron chi connectivity index (χ0n) is 2.70. The second-order valence-electron chi connectivity index (χ2n) is 0.513. The molecule has 0 radical (unpaired) electrons. The molecule has 0 amide bonds. The van der Waals surface area contributed by atoms with Crippen LogP contribution < -0.4 is 0 Å². The van der Waals surface area contributed by atoms with Crippen molar-refractivity contribution in [3.63, 3.8) is 0 Å². The molecule has 0 unspecified atom stereocenters. The van der Waals surface area contributed by atoms with Crippen LogP contribution in [0.25, 0.3) is 0 Å². The Balaban J connectivity index is -0.0000000800. The minimum absolute atomic E-state index is 0. The summed E-state index contributed by atoms with van der Waals surface area (Å²) in [5.74, 6) is 0. The van der Waals surface area contributed by atoms with Crippen molar-refractivity contribution in [3.8, 4) is 0 Å². The van der Waals surface area contributed by atoms with Gasteiger partial charge in [-0.15, -0.1) is 0 Å². The predicted octanol–water partition coefficient (Wildman–Crippen LogP) is -2.40. The summed E-state index contributed by atoms with van der Waals surface area (Å²) in [5.41, 5.74) is 0. The Morgan fingerprint density at radius 2 is 1.14 bits per heavy atom. The van der Waals surface area contributed by atoms with Crippen molar-refractivity contribution in [2.75, 3.05) is 0 Å². The Morgan fingerprint density at radius 3 is 1.14 bits per heavy atom. The van der Waals surface area contributed by atoms with Gasteiger partial charge in [0, 0.05) is 0 Å². The van der Waals surface area contributed by atoms with Gasteiger partial charge >= 0.3 is 59.2 Å². The molecule has 42 valence electrons. The Bertz CT molecular complexity index is 54.2. The van der Waals surface area contributed by atoms with Crippen LogP contribution in [0.1, 0.15) is 0 Å². The van der Waals surface area contributed by atoms with E-state index in [1.165, 1.54) is 0 Å². The van der Waals surface area contributed by atoms with Gasteiger partial charge in [-0.25, -0.2) is 4.57 Å². The third kappa shape index (κ3) is 86.2. The third-order valence-electron chi connectivity index (χ3n) is 0. The molecule has 5 nitrogen and oxygen atoms in total. The fourth-order valence-corrected chi connectivity index (χ4v) is 0. The molecule has 0 fully saturated rings. The van der Waals surface area contributed by atoms with Crippen LogP contribution >= 0.6 is 7.82 Å². The van der Waals surface area contributed by atoms with Crippen LogP contribution in [0.15, 0.2) is 0 Å². The van der Waals surface area contributed by atoms with Crippen LogP contribution in [-0.2, 0) is 4.57 Å². The van der Waals surface area contributed by atoms with Crippen molar-refractivity contribution in [2.45, 2.75) is 0 Å². The van der Waals surface area contributed by atoms with Gasteiger partial charge in [-0.3, -0.25) is 0 Å². The van der Waals surface area contributed by atoms with Crippen LogP contribution in [-0.4, -0.2) is 71.5 Å². The molecular weight excluding hydrogens is 150 g/mol. The number of hydrogen-bond acceptors (Lipinski definition) is 1. The van der Waals surface area contributed by atoms with Crippen molar-refractivity contribution >= 4 is 59.2 Å². The first kappa shape index (κ1) is 15.9. The standard InChI is InChI=1S/K.H3O4P.H2O.H/c;1-5(2,3)4;;/h;(H3,1,2,3,4);1H2;. The summed E-state index contributed by atoms with van der Waals surface area (Å²) in [5, 5.41) is 0. The molecule has 0 aromatic carbocycles. The summed E-state index contributed by atoms with van der Waals surface area (Å²) in [7, 11) is -4.64. The van der Waals surface area contributed by atoms with Crippen LogP contribution in [0.4, 0.5) is 0 Å². The first-order valence-corrected chi connectivity index (χ1v) is 2.35. The van der Waals surface area contributed by atoms with Gasteiger partial charge in [0.15, 0.2) is 0 Å². The van der Waals surface area contributed by atoms with E-state index < -0.39 is 7.82 Å². The summed E-state index contributed by atoms with van der Waals surface area (Å²) in [6.07, 6.45) is 0. The van der Waals surface area contributed by atoms with Crippen molar-refractivity contribution in [2.24, 2.45) is 0 Å². The predicted molar refractivity (Wildman–Crippen MR) is 25.0 cm³/mol. The summed E-state index contributed by atoms with van der Waals surface area (Å²) >= 11 is 0. The molecule has 0 saturated heterocycles. The Morgan fingerprint density at radius 1 is 1.14 bits per heavy atom. The fourth-order valence-electron chi connectivity index (χ4n) is 0. The summed E-state index contributed by atoms with van der Waals surface area (Å²) in [6, 6.07) is 0. The van der Waals surface area contributed by atoms with Crippen molar-refractivity contribution in [1.82, 2.24) is 0 Å². The van der Waals surface area contributed by atoms with E-state index in [9.17, 15) is 0 Å². The number of hydrogen-bond donors (Lipinski definition) is 3. The molecule has 0 atom stereocenters. The molecular formula is H6KO5P. The van der Waals surface area contributed by atoms with Crippen LogP contribution in [0.2, 0.25) is 0 Å². The van der Waals surface area contributed by atoms with Crippen LogP contribution in [0.3, 0.4) is 0 Å². The van der Waals surface area contributed by atoms with Gasteiger partial charge in [0.2, 0.25) is 0 Å². The van der Waals surface area contributed by atoms with E-state index >= 15 is 0 Å². The molecule has 7 heavy (non-hydrogen) atoms. The Hall–Kier alpha value is 1.71. The van der Waals surface area contributed by atoms with Crippen LogP contribution in [0.5, 0.6) is 0 Å². The van der Waals surface area contributed by atoms with E-state index in [1.807, 2.05) is 0 Å². The van der Waals surface area contributed by atoms with Gasteiger partial charge in [0.05, 0.1) is 0 Å². The number of phosphoric acid groups is 1. The molecule has 0 rings (SSSR count). The average molecular weight is 156 g/mol. The van der Waals surface area contributed by atoms with Gasteiger partial charge in [-0.1, -0.05) is 0 Å². The van der Waals surface area contributed by atoms with E-state index in [2.05, 4.69) is 0 Å². The molecule has 0 aliphatic carbocycles. The summed E-state index contributed by atoms with van der Waals surface area (Å²) in [6.45, 7) is 0. The van der Waals surface area contributed by atoms with Gasteiger partial charge in [0.1, 0.15) is 0 Å². The Kier molecular flexibility index (Phi) is 13.2. The summed E-state index contributed by atoms with van der Waals surface area (Å²) < 4.78 is 8.88. The molecule has 0 saturated carbocycles. The van der Waals surface area contributed by atoms with Crippen molar-refractivity contribution in [3.05, 3.63) is 0 Å². The van der Waals surface area contributed by atoms with Gasteiger partial charge in [-0.2, -0.15) is 0 Å². The van der Waals surface area contributed by atoms with E-state index in [4.69, 9.17) is 19.2 Å². The van der Waals surface area contributed by atoms with E-state index in [-0.39, 0.29) is 56.9 Å². The van der Waals surface area contributed by atoms with E-state index in [0.29, 0.717) is 0 Å². The molecule has 0 aromatic heterocycles. The zero-order valence-corrected chi connectivity index (χ0v) is 3.59. The second-order valence-corrected chi connectivity index (χ2v) is 1.54. The monoisotopic (exact) mass is 156 g/mol. The fraction of sp³-hybridized carbons (Fsp3) is 0. The van der Waals surface area contributed by atoms with Gasteiger partial charge < -0.3 is 20.2 Å². The minimum atomic E-state index is -4.64. The SMILES string of the molecule is O.O=P(O)(O)O.[KH]. The zero-order chi connectivity index (χ0) is 4.50. The topological polar surface area (TPSA) is 109 Å². The molecule has 0 aliphatic rings. The molecule has 0 bridgehead atoms. The normalized spacial score (nSPS) is 8.43.